The number of hydrogen-bond acceptors (Lipinski definition) is 5. The van der Waals surface area contributed by atoms with Crippen molar-refractivity contribution in [2.24, 2.45) is 0 Å². The van der Waals surface area contributed by atoms with E-state index in [4.69, 9.17) is 5.10 Å². The van der Waals surface area contributed by atoms with Gasteiger partial charge in [-0.25, -0.2) is 13.9 Å². The molecular weight excluding hydrogens is 514 g/mol. The number of fused-ring (bicyclic) bond motifs is 1. The molecule has 7 nitrogen and oxygen atoms in total. The number of amides is 1. The van der Waals surface area contributed by atoms with E-state index < -0.39 is 30.1 Å². The van der Waals surface area contributed by atoms with Crippen molar-refractivity contribution in [3.8, 4) is 17.0 Å². The number of imidazole rings is 1. The molecule has 1 atom stereocenters. The molecule has 5 rings (SSSR count). The number of carbonyl (C=O) groups is 1. The zero-order valence-corrected chi connectivity index (χ0v) is 21.3. The van der Waals surface area contributed by atoms with Crippen molar-refractivity contribution < 1.29 is 27.5 Å². The number of alkyl halides is 3. The third-order valence-electron chi connectivity index (χ3n) is 6.82. The van der Waals surface area contributed by atoms with Crippen LogP contribution in [-0.2, 0) is 0 Å². The molecule has 1 amide bonds. The topological polar surface area (TPSA) is 91.6 Å². The van der Waals surface area contributed by atoms with Crippen molar-refractivity contribution in [2.75, 3.05) is 11.9 Å². The van der Waals surface area contributed by atoms with E-state index in [1.54, 1.807) is 37.4 Å². The summed E-state index contributed by atoms with van der Waals surface area (Å²) in [6.45, 7) is 3.16. The fourth-order valence-corrected chi connectivity index (χ4v) is 4.47. The maximum Gasteiger partial charge on any atom is 0.390 e. The molecule has 1 unspecified atom stereocenters. The summed E-state index contributed by atoms with van der Waals surface area (Å²) >= 11 is 0. The average Bonchev–Trinajstić information content (AvgIpc) is 3.59. The Morgan fingerprint density at radius 1 is 1.21 bits per heavy atom. The standard InChI is InChI=1S/C28H27F4N5O2/c1-15-12-17(6-9-19(15)27(39)35-18-7-8-18)24-14-34-26-23(33-11-10-28(30,31)32)13-22(36-37(24)26)16(2)20-4-3-5-21(29)25(20)38/h3-6,9,12-14,16,18,33,38H,7-8,10-11H2,1-2H3,(H,35,39). The molecule has 11 heteroatoms. The number of carbonyl (C=O) groups excluding carboxylic acids is 1. The Morgan fingerprint density at radius 3 is 2.67 bits per heavy atom. The molecule has 39 heavy (non-hydrogen) atoms. The molecule has 2 aromatic carbocycles. The van der Waals surface area contributed by atoms with Crippen LogP contribution >= 0.6 is 0 Å². The largest absolute Gasteiger partial charge is 0.505 e. The SMILES string of the molecule is Cc1cc(-c2cnc3c(NCCC(F)(F)F)cc(C(C)c4cccc(F)c4O)nn23)ccc1C(=O)NC1CC1. The van der Waals surface area contributed by atoms with E-state index in [1.807, 2.05) is 13.0 Å². The molecule has 3 N–H and O–H groups in total. The Morgan fingerprint density at radius 2 is 1.97 bits per heavy atom. The summed E-state index contributed by atoms with van der Waals surface area (Å²) in [6.07, 6.45) is -1.88. The van der Waals surface area contributed by atoms with Crippen molar-refractivity contribution in [3.63, 3.8) is 0 Å². The normalized spacial score (nSPS) is 14.4. The number of para-hydroxylation sites is 1. The lowest BCUT2D eigenvalue weighted by molar-refractivity contribution is -0.131. The molecule has 0 spiro atoms. The molecule has 2 aromatic heterocycles. The quantitative estimate of drug-likeness (QED) is 0.240. The first-order chi connectivity index (χ1) is 18.5. The first-order valence-electron chi connectivity index (χ1n) is 12.6. The number of aryl methyl sites for hydroxylation is 1. The van der Waals surface area contributed by atoms with Gasteiger partial charge < -0.3 is 15.7 Å². The first-order valence-corrected chi connectivity index (χ1v) is 12.6. The molecule has 0 bridgehead atoms. The first kappa shape index (κ1) is 26.5. The van der Waals surface area contributed by atoms with Gasteiger partial charge in [-0.15, -0.1) is 0 Å². The van der Waals surface area contributed by atoms with E-state index in [-0.39, 0.29) is 24.1 Å². The van der Waals surface area contributed by atoms with E-state index in [1.165, 1.54) is 10.6 Å². The fourth-order valence-electron chi connectivity index (χ4n) is 4.47. The molecule has 0 saturated heterocycles. The van der Waals surface area contributed by atoms with E-state index in [9.17, 15) is 27.5 Å². The highest BCUT2D eigenvalue weighted by molar-refractivity contribution is 5.96. The minimum absolute atomic E-state index is 0.139. The molecule has 1 saturated carbocycles. The van der Waals surface area contributed by atoms with Crippen molar-refractivity contribution in [1.29, 1.82) is 0 Å². The van der Waals surface area contributed by atoms with Crippen molar-refractivity contribution in [2.45, 2.75) is 51.2 Å². The maximum absolute atomic E-state index is 14.1. The Balaban J connectivity index is 1.56. The van der Waals surface area contributed by atoms with Gasteiger partial charge in [-0.3, -0.25) is 4.79 Å². The Bertz CT molecular complexity index is 1550. The third kappa shape index (κ3) is 5.67. The Hall–Kier alpha value is -4.15. The van der Waals surface area contributed by atoms with Gasteiger partial charge in [-0.2, -0.15) is 18.3 Å². The number of anilines is 1. The van der Waals surface area contributed by atoms with Crippen LogP contribution in [0.15, 0.2) is 48.7 Å². The molecule has 204 valence electrons. The zero-order chi connectivity index (χ0) is 27.9. The molecule has 4 aromatic rings. The molecule has 2 heterocycles. The van der Waals surface area contributed by atoms with Gasteiger partial charge in [0.1, 0.15) is 0 Å². The number of aromatic nitrogens is 3. The summed E-state index contributed by atoms with van der Waals surface area (Å²) in [5.41, 5.74) is 3.85. The predicted octanol–water partition coefficient (Wildman–Crippen LogP) is 5.96. The minimum atomic E-state index is -4.34. The summed E-state index contributed by atoms with van der Waals surface area (Å²) in [7, 11) is 0. The number of benzene rings is 2. The number of halogens is 4. The van der Waals surface area contributed by atoms with E-state index in [2.05, 4.69) is 15.6 Å². The lowest BCUT2D eigenvalue weighted by atomic mass is 9.96. The number of nitrogens with one attached hydrogen (secondary N) is 2. The number of hydrogen-bond donors (Lipinski definition) is 3. The number of phenols is 1. The number of aromatic hydroxyl groups is 1. The number of phenolic OH excluding ortho intramolecular Hbond substituents is 1. The highest BCUT2D eigenvalue weighted by Gasteiger charge is 2.27. The highest BCUT2D eigenvalue weighted by atomic mass is 19.4. The second-order valence-corrected chi connectivity index (χ2v) is 9.83. The lowest BCUT2D eigenvalue weighted by Crippen LogP contribution is -2.26. The molecule has 1 fully saturated rings. The monoisotopic (exact) mass is 541 g/mol. The van der Waals surface area contributed by atoms with Crippen LogP contribution in [0.4, 0.5) is 23.2 Å². The molecule has 0 radical (unpaired) electrons. The highest BCUT2D eigenvalue weighted by Crippen LogP contribution is 2.35. The van der Waals surface area contributed by atoms with Gasteiger partial charge in [0.05, 0.1) is 29.7 Å². The van der Waals surface area contributed by atoms with Crippen LogP contribution in [0.2, 0.25) is 0 Å². The summed E-state index contributed by atoms with van der Waals surface area (Å²) in [5.74, 6) is -2.03. The lowest BCUT2D eigenvalue weighted by Gasteiger charge is -2.17. The number of rotatable bonds is 8. The van der Waals surface area contributed by atoms with Crippen LogP contribution in [0.25, 0.3) is 16.9 Å². The maximum atomic E-state index is 14.1. The van der Waals surface area contributed by atoms with Gasteiger partial charge >= 0.3 is 6.18 Å². The Labute approximate surface area is 221 Å². The van der Waals surface area contributed by atoms with Crippen LogP contribution in [-0.4, -0.2) is 44.4 Å². The molecular formula is C28H27F4N5O2. The second-order valence-electron chi connectivity index (χ2n) is 9.83. The second kappa shape index (κ2) is 10.2. The summed E-state index contributed by atoms with van der Waals surface area (Å²) in [6, 6.07) is 11.3. The van der Waals surface area contributed by atoms with Gasteiger partial charge in [-0.05, 0) is 49.6 Å². The van der Waals surface area contributed by atoms with E-state index in [0.29, 0.717) is 33.8 Å². The molecule has 0 aliphatic heterocycles. The van der Waals surface area contributed by atoms with E-state index in [0.717, 1.165) is 24.5 Å². The van der Waals surface area contributed by atoms with Crippen LogP contribution in [0.5, 0.6) is 5.75 Å². The third-order valence-corrected chi connectivity index (χ3v) is 6.82. The van der Waals surface area contributed by atoms with Gasteiger partial charge in [-0.1, -0.05) is 25.1 Å². The van der Waals surface area contributed by atoms with Crippen molar-refractivity contribution in [1.82, 2.24) is 19.9 Å². The van der Waals surface area contributed by atoms with Gasteiger partial charge in [0.25, 0.3) is 5.91 Å². The Kier molecular flexibility index (Phi) is 6.92. The van der Waals surface area contributed by atoms with Gasteiger partial charge in [0.2, 0.25) is 0 Å². The summed E-state index contributed by atoms with van der Waals surface area (Å²) in [5, 5.41) is 20.8. The number of nitrogens with zero attached hydrogens (tertiary/aromatic N) is 3. The summed E-state index contributed by atoms with van der Waals surface area (Å²) in [4.78, 5) is 17.0. The summed E-state index contributed by atoms with van der Waals surface area (Å²) < 4.78 is 54.1. The minimum Gasteiger partial charge on any atom is -0.505 e. The van der Waals surface area contributed by atoms with Gasteiger partial charge in [0, 0.05) is 35.2 Å². The zero-order valence-electron chi connectivity index (χ0n) is 21.3. The van der Waals surface area contributed by atoms with Gasteiger partial charge in [0.15, 0.2) is 17.2 Å². The van der Waals surface area contributed by atoms with Crippen molar-refractivity contribution in [3.05, 3.63) is 76.9 Å². The van der Waals surface area contributed by atoms with Crippen LogP contribution in [0.3, 0.4) is 0 Å². The molecule has 1 aliphatic carbocycles. The smallest absolute Gasteiger partial charge is 0.390 e. The van der Waals surface area contributed by atoms with Crippen molar-refractivity contribution >= 4 is 17.2 Å². The fraction of sp³-hybridized carbons (Fsp3) is 0.321. The average molecular weight is 542 g/mol. The van der Waals surface area contributed by atoms with E-state index >= 15 is 0 Å². The van der Waals surface area contributed by atoms with Crippen LogP contribution in [0, 0.1) is 12.7 Å². The van der Waals surface area contributed by atoms with Crippen LogP contribution < -0.4 is 10.6 Å². The predicted molar refractivity (Wildman–Crippen MR) is 138 cm³/mol. The molecule has 1 aliphatic rings. The van der Waals surface area contributed by atoms with Crippen LogP contribution in [0.1, 0.15) is 59.3 Å².